The van der Waals surface area contributed by atoms with Crippen molar-refractivity contribution >= 4 is 27.8 Å². The van der Waals surface area contributed by atoms with Gasteiger partial charge >= 0.3 is 6.09 Å². The molecule has 2 unspecified atom stereocenters. The fourth-order valence-electron chi connectivity index (χ4n) is 1.70. The zero-order valence-electron chi connectivity index (χ0n) is 12.8. The van der Waals surface area contributed by atoms with Crippen LogP contribution in [0.3, 0.4) is 0 Å². The Bertz CT molecular complexity index is 519. The van der Waals surface area contributed by atoms with Gasteiger partial charge in [0.25, 0.3) is 0 Å². The summed E-state index contributed by atoms with van der Waals surface area (Å²) in [5.41, 5.74) is 5.43. The van der Waals surface area contributed by atoms with Gasteiger partial charge in [0.05, 0.1) is 6.10 Å². The van der Waals surface area contributed by atoms with Gasteiger partial charge in [0.15, 0.2) is 0 Å². The predicted molar refractivity (Wildman–Crippen MR) is 86.2 cm³/mol. The first-order chi connectivity index (χ1) is 10.1. The summed E-state index contributed by atoms with van der Waals surface area (Å²) in [6, 6.07) is 1.59. The number of halogens is 1. The Morgan fingerprint density at radius 3 is 2.73 bits per heavy atom. The molecule has 0 aliphatic heterocycles. The minimum absolute atomic E-state index is 0.145. The Balaban J connectivity index is 2.50. The van der Waals surface area contributed by atoms with Crippen LogP contribution in [0.5, 0.6) is 0 Å². The van der Waals surface area contributed by atoms with Crippen LogP contribution in [0.15, 0.2) is 16.7 Å². The largest absolute Gasteiger partial charge is 0.444 e. The number of hydrogen-bond donors (Lipinski definition) is 4. The second-order valence-corrected chi connectivity index (χ2v) is 6.77. The molecular weight excluding hydrogens is 354 g/mol. The normalized spacial score (nSPS) is 14.3. The van der Waals surface area contributed by atoms with Crippen LogP contribution in [-0.2, 0) is 4.74 Å². The standard InChI is InChI=1S/C14H22BrN3O4/c1-14(2,3)22-13(21)17-5-4-10(19)11(20)9-6-8(15)7-18-12(9)16/h6-7,10-11,19-20H,4-5H2,1-3H3,(H2,16,18)(H,17,21). The number of amides is 1. The Kier molecular flexibility index (Phi) is 6.58. The van der Waals surface area contributed by atoms with Gasteiger partial charge in [-0.25, -0.2) is 9.78 Å². The van der Waals surface area contributed by atoms with E-state index in [1.54, 1.807) is 26.8 Å². The Labute approximate surface area is 138 Å². The first-order valence-electron chi connectivity index (χ1n) is 6.84. The van der Waals surface area contributed by atoms with E-state index in [0.717, 1.165) is 0 Å². The van der Waals surface area contributed by atoms with E-state index < -0.39 is 23.9 Å². The molecular formula is C14H22BrN3O4. The summed E-state index contributed by atoms with van der Waals surface area (Å²) < 4.78 is 5.72. The molecule has 124 valence electrons. The number of anilines is 1. The number of rotatable bonds is 5. The summed E-state index contributed by atoms with van der Waals surface area (Å²) in [5, 5.41) is 22.6. The number of carbonyl (C=O) groups excluding carboxylic acids is 1. The molecule has 1 heterocycles. The molecule has 8 heteroatoms. The molecule has 0 aliphatic rings. The van der Waals surface area contributed by atoms with Crippen molar-refractivity contribution in [3.8, 4) is 0 Å². The van der Waals surface area contributed by atoms with Gasteiger partial charge in [-0.1, -0.05) is 0 Å². The van der Waals surface area contributed by atoms with Gasteiger partial charge in [-0.2, -0.15) is 0 Å². The van der Waals surface area contributed by atoms with E-state index >= 15 is 0 Å². The molecule has 1 aromatic rings. The van der Waals surface area contributed by atoms with Gasteiger partial charge in [-0.15, -0.1) is 0 Å². The number of carbonyl (C=O) groups is 1. The van der Waals surface area contributed by atoms with Gasteiger partial charge < -0.3 is 26.0 Å². The van der Waals surface area contributed by atoms with Crippen molar-refractivity contribution in [2.24, 2.45) is 0 Å². The first-order valence-corrected chi connectivity index (χ1v) is 7.63. The van der Waals surface area contributed by atoms with Crippen LogP contribution in [0, 0.1) is 0 Å². The number of hydrogen-bond acceptors (Lipinski definition) is 6. The fraction of sp³-hybridized carbons (Fsp3) is 0.571. The number of nitrogens with zero attached hydrogens (tertiary/aromatic N) is 1. The number of nitrogens with one attached hydrogen (secondary N) is 1. The molecule has 1 rings (SSSR count). The average molecular weight is 376 g/mol. The number of nitrogen functional groups attached to an aromatic ring is 1. The molecule has 0 radical (unpaired) electrons. The van der Waals surface area contributed by atoms with E-state index in [0.29, 0.717) is 10.0 Å². The highest BCUT2D eigenvalue weighted by atomic mass is 79.9. The van der Waals surface area contributed by atoms with E-state index in [1.165, 1.54) is 6.20 Å². The topological polar surface area (TPSA) is 118 Å². The maximum atomic E-state index is 11.5. The lowest BCUT2D eigenvalue weighted by Gasteiger charge is -2.21. The van der Waals surface area contributed by atoms with Crippen LogP contribution in [0.4, 0.5) is 10.6 Å². The summed E-state index contributed by atoms with van der Waals surface area (Å²) in [6.45, 7) is 5.44. The fourth-order valence-corrected chi connectivity index (χ4v) is 2.05. The molecule has 1 amide bonds. The third kappa shape index (κ3) is 6.17. The van der Waals surface area contributed by atoms with Crippen LogP contribution >= 0.6 is 15.9 Å². The molecule has 0 saturated heterocycles. The van der Waals surface area contributed by atoms with Crippen molar-refractivity contribution in [1.29, 1.82) is 0 Å². The van der Waals surface area contributed by atoms with E-state index in [-0.39, 0.29) is 18.8 Å². The second kappa shape index (κ2) is 7.75. The Morgan fingerprint density at radius 2 is 2.14 bits per heavy atom. The summed E-state index contributed by atoms with van der Waals surface area (Å²) in [6.07, 6.45) is -1.20. The zero-order valence-corrected chi connectivity index (χ0v) is 14.4. The van der Waals surface area contributed by atoms with Gasteiger partial charge in [0.1, 0.15) is 17.5 Å². The highest BCUT2D eigenvalue weighted by Gasteiger charge is 2.22. The number of aromatic nitrogens is 1. The molecule has 1 aromatic heterocycles. The van der Waals surface area contributed by atoms with E-state index in [2.05, 4.69) is 26.2 Å². The van der Waals surface area contributed by atoms with Crippen LogP contribution in [0.25, 0.3) is 0 Å². The van der Waals surface area contributed by atoms with Gasteiger partial charge in [0, 0.05) is 22.8 Å². The lowest BCUT2D eigenvalue weighted by Crippen LogP contribution is -2.34. The number of nitrogens with two attached hydrogens (primary N) is 1. The highest BCUT2D eigenvalue weighted by molar-refractivity contribution is 9.10. The Morgan fingerprint density at radius 1 is 1.50 bits per heavy atom. The number of aliphatic hydroxyl groups is 2. The summed E-state index contributed by atoms with van der Waals surface area (Å²) in [5.74, 6) is 0.148. The maximum absolute atomic E-state index is 11.5. The van der Waals surface area contributed by atoms with Crippen molar-refractivity contribution in [3.63, 3.8) is 0 Å². The molecule has 5 N–H and O–H groups in total. The van der Waals surface area contributed by atoms with Crippen LogP contribution in [0.2, 0.25) is 0 Å². The molecule has 22 heavy (non-hydrogen) atoms. The van der Waals surface area contributed by atoms with Gasteiger partial charge in [-0.3, -0.25) is 0 Å². The number of pyridine rings is 1. The summed E-state index contributed by atoms with van der Waals surface area (Å²) in [4.78, 5) is 15.4. The van der Waals surface area contributed by atoms with Crippen molar-refractivity contribution in [3.05, 3.63) is 22.3 Å². The summed E-state index contributed by atoms with van der Waals surface area (Å²) in [7, 11) is 0. The molecule has 0 fully saturated rings. The average Bonchev–Trinajstić information content (AvgIpc) is 2.38. The van der Waals surface area contributed by atoms with Gasteiger partial charge in [-0.05, 0) is 49.2 Å². The smallest absolute Gasteiger partial charge is 0.407 e. The van der Waals surface area contributed by atoms with E-state index in [9.17, 15) is 15.0 Å². The van der Waals surface area contributed by atoms with E-state index in [1.807, 2.05) is 0 Å². The third-order valence-electron chi connectivity index (χ3n) is 2.71. The van der Waals surface area contributed by atoms with Gasteiger partial charge in [0.2, 0.25) is 0 Å². The minimum Gasteiger partial charge on any atom is -0.444 e. The zero-order chi connectivity index (χ0) is 16.9. The van der Waals surface area contributed by atoms with Crippen LogP contribution in [-0.4, -0.2) is 39.5 Å². The lowest BCUT2D eigenvalue weighted by atomic mass is 10.0. The molecule has 0 aromatic carbocycles. The second-order valence-electron chi connectivity index (χ2n) is 5.86. The molecule has 0 aliphatic carbocycles. The van der Waals surface area contributed by atoms with Crippen molar-refractivity contribution in [2.75, 3.05) is 12.3 Å². The van der Waals surface area contributed by atoms with E-state index in [4.69, 9.17) is 10.5 Å². The molecule has 0 spiro atoms. The monoisotopic (exact) mass is 375 g/mol. The third-order valence-corrected chi connectivity index (χ3v) is 3.14. The molecule has 0 bridgehead atoms. The van der Waals surface area contributed by atoms with Crippen molar-refractivity contribution < 1.29 is 19.7 Å². The minimum atomic E-state index is -1.19. The maximum Gasteiger partial charge on any atom is 0.407 e. The summed E-state index contributed by atoms with van der Waals surface area (Å²) >= 11 is 3.23. The quantitative estimate of drug-likeness (QED) is 0.622. The lowest BCUT2D eigenvalue weighted by molar-refractivity contribution is 0.0125. The molecule has 2 atom stereocenters. The highest BCUT2D eigenvalue weighted by Crippen LogP contribution is 2.25. The van der Waals surface area contributed by atoms with Crippen LogP contribution < -0.4 is 11.1 Å². The Hall–Kier alpha value is -1.38. The molecule has 0 saturated carbocycles. The van der Waals surface area contributed by atoms with Crippen molar-refractivity contribution in [2.45, 2.75) is 45.0 Å². The van der Waals surface area contributed by atoms with Crippen molar-refractivity contribution in [1.82, 2.24) is 10.3 Å². The first kappa shape index (κ1) is 18.7. The predicted octanol–water partition coefficient (Wildman–Crippen LogP) is 1.74. The number of alkyl carbamates (subject to hydrolysis) is 1. The number of aliphatic hydroxyl groups excluding tert-OH is 2. The number of ether oxygens (including phenoxy) is 1. The SMILES string of the molecule is CC(C)(C)OC(=O)NCCC(O)C(O)c1cc(Br)cnc1N. The molecule has 7 nitrogen and oxygen atoms in total. The van der Waals surface area contributed by atoms with Crippen LogP contribution in [0.1, 0.15) is 38.9 Å².